The van der Waals surface area contributed by atoms with E-state index < -0.39 is 0 Å². The SMILES string of the molecule is Cn1cncc1C(OCc1ccc(Cl)cc1-c1cccc(C#N)c1)c1ccc(C#N)cc1. The lowest BCUT2D eigenvalue weighted by molar-refractivity contribution is 0.0624. The maximum atomic E-state index is 9.27. The second-order valence-electron chi connectivity index (χ2n) is 7.35. The Labute approximate surface area is 191 Å². The molecular formula is C26H19ClN4O. The molecule has 0 aliphatic rings. The number of nitriles is 2. The summed E-state index contributed by atoms with van der Waals surface area (Å²) in [6, 6.07) is 24.8. The highest BCUT2D eigenvalue weighted by molar-refractivity contribution is 6.30. The van der Waals surface area contributed by atoms with Gasteiger partial charge in [0.1, 0.15) is 6.10 Å². The number of aromatic nitrogens is 2. The van der Waals surface area contributed by atoms with Crippen molar-refractivity contribution in [3.8, 4) is 23.3 Å². The first-order chi connectivity index (χ1) is 15.6. The molecular weight excluding hydrogens is 420 g/mol. The first kappa shape index (κ1) is 21.3. The number of ether oxygens (including phenoxy) is 1. The van der Waals surface area contributed by atoms with E-state index in [-0.39, 0.29) is 6.10 Å². The van der Waals surface area contributed by atoms with Gasteiger partial charge in [0.05, 0.1) is 48.1 Å². The first-order valence-electron chi connectivity index (χ1n) is 9.96. The summed E-state index contributed by atoms with van der Waals surface area (Å²) in [5, 5.41) is 19.0. The number of halogens is 1. The summed E-state index contributed by atoms with van der Waals surface area (Å²) < 4.78 is 8.34. The van der Waals surface area contributed by atoms with Crippen molar-refractivity contribution in [1.82, 2.24) is 9.55 Å². The van der Waals surface area contributed by atoms with E-state index in [4.69, 9.17) is 21.6 Å². The van der Waals surface area contributed by atoms with Gasteiger partial charge in [-0.15, -0.1) is 0 Å². The Hall–Kier alpha value is -3.90. The zero-order valence-electron chi connectivity index (χ0n) is 17.4. The molecule has 0 radical (unpaired) electrons. The van der Waals surface area contributed by atoms with Gasteiger partial charge in [-0.1, -0.05) is 41.9 Å². The average molecular weight is 439 g/mol. The molecule has 0 saturated heterocycles. The molecule has 1 atom stereocenters. The number of hydrogen-bond acceptors (Lipinski definition) is 4. The molecule has 32 heavy (non-hydrogen) atoms. The monoisotopic (exact) mass is 438 g/mol. The summed E-state index contributed by atoms with van der Waals surface area (Å²) in [6.07, 6.45) is 3.14. The quantitative estimate of drug-likeness (QED) is 0.382. The Bertz CT molecular complexity index is 1330. The molecule has 0 aliphatic heterocycles. The fourth-order valence-corrected chi connectivity index (χ4v) is 3.75. The molecule has 0 bridgehead atoms. The fourth-order valence-electron chi connectivity index (χ4n) is 3.58. The smallest absolute Gasteiger partial charge is 0.124 e. The molecule has 156 valence electrons. The van der Waals surface area contributed by atoms with Crippen molar-refractivity contribution in [3.05, 3.63) is 112 Å². The van der Waals surface area contributed by atoms with E-state index >= 15 is 0 Å². The highest BCUT2D eigenvalue weighted by Crippen LogP contribution is 2.32. The van der Waals surface area contributed by atoms with Gasteiger partial charge in [-0.05, 0) is 58.7 Å². The molecule has 1 aromatic heterocycles. The van der Waals surface area contributed by atoms with Crippen molar-refractivity contribution in [2.24, 2.45) is 7.05 Å². The van der Waals surface area contributed by atoms with Crippen LogP contribution in [0.25, 0.3) is 11.1 Å². The van der Waals surface area contributed by atoms with E-state index in [0.717, 1.165) is 27.9 Å². The molecule has 4 aromatic rings. The lowest BCUT2D eigenvalue weighted by Gasteiger charge is -2.20. The van der Waals surface area contributed by atoms with Crippen LogP contribution >= 0.6 is 11.6 Å². The van der Waals surface area contributed by atoms with E-state index in [0.29, 0.717) is 22.8 Å². The predicted octanol–water partition coefficient (Wildman–Crippen LogP) is 5.79. The van der Waals surface area contributed by atoms with Gasteiger partial charge in [0.2, 0.25) is 0 Å². The minimum Gasteiger partial charge on any atom is -0.362 e. The first-order valence-corrected chi connectivity index (χ1v) is 10.3. The third-order valence-electron chi connectivity index (χ3n) is 5.25. The van der Waals surface area contributed by atoms with E-state index in [2.05, 4.69) is 17.1 Å². The highest BCUT2D eigenvalue weighted by Gasteiger charge is 2.19. The van der Waals surface area contributed by atoms with E-state index in [1.165, 1.54) is 0 Å². The molecule has 0 aliphatic carbocycles. The molecule has 0 spiro atoms. The van der Waals surface area contributed by atoms with Crippen molar-refractivity contribution in [2.45, 2.75) is 12.7 Å². The topological polar surface area (TPSA) is 74.6 Å². The van der Waals surface area contributed by atoms with Crippen molar-refractivity contribution < 1.29 is 4.74 Å². The lowest BCUT2D eigenvalue weighted by Crippen LogP contribution is -2.11. The standard InChI is InChI=1S/C26H19ClN4O/c1-31-17-30-15-25(31)26(20-7-5-18(13-28)6-8-20)32-16-22-9-10-23(27)12-24(22)21-4-2-3-19(11-21)14-29/h2-12,15,17,26H,16H2,1H3. The van der Waals surface area contributed by atoms with E-state index in [1.807, 2.05) is 60.1 Å². The summed E-state index contributed by atoms with van der Waals surface area (Å²) in [4.78, 5) is 4.24. The Balaban J connectivity index is 1.69. The lowest BCUT2D eigenvalue weighted by atomic mass is 9.98. The summed E-state index contributed by atoms with van der Waals surface area (Å²) in [5.41, 5.74) is 5.77. The van der Waals surface area contributed by atoms with Crippen LogP contribution in [-0.4, -0.2) is 9.55 Å². The van der Waals surface area contributed by atoms with Crippen LogP contribution in [0.15, 0.2) is 79.3 Å². The average Bonchev–Trinajstić information content (AvgIpc) is 3.26. The third kappa shape index (κ3) is 4.55. The zero-order valence-corrected chi connectivity index (χ0v) is 18.1. The van der Waals surface area contributed by atoms with Crippen LogP contribution in [0.3, 0.4) is 0 Å². The van der Waals surface area contributed by atoms with Gasteiger partial charge in [-0.2, -0.15) is 10.5 Å². The Morgan fingerprint density at radius 2 is 1.78 bits per heavy atom. The van der Waals surface area contributed by atoms with Gasteiger partial charge in [-0.25, -0.2) is 4.98 Å². The van der Waals surface area contributed by atoms with E-state index in [9.17, 15) is 5.26 Å². The van der Waals surface area contributed by atoms with Gasteiger partial charge in [-0.3, -0.25) is 0 Å². The van der Waals surface area contributed by atoms with Crippen LogP contribution in [-0.2, 0) is 18.4 Å². The second kappa shape index (κ2) is 9.49. The molecule has 1 unspecified atom stereocenters. The number of imidazole rings is 1. The van der Waals surface area contributed by atoms with Crippen LogP contribution in [0.1, 0.15) is 34.1 Å². The zero-order chi connectivity index (χ0) is 22.5. The molecule has 0 fully saturated rings. The number of aryl methyl sites for hydroxylation is 1. The second-order valence-corrected chi connectivity index (χ2v) is 7.78. The molecule has 0 saturated carbocycles. The van der Waals surface area contributed by atoms with Crippen LogP contribution in [0, 0.1) is 22.7 Å². The highest BCUT2D eigenvalue weighted by atomic mass is 35.5. The summed E-state index contributed by atoms with van der Waals surface area (Å²) >= 11 is 6.29. The van der Waals surface area contributed by atoms with Gasteiger partial charge in [0.15, 0.2) is 0 Å². The maximum absolute atomic E-state index is 9.27. The molecule has 5 nitrogen and oxygen atoms in total. The number of hydrogen-bond donors (Lipinski definition) is 0. The third-order valence-corrected chi connectivity index (χ3v) is 5.48. The van der Waals surface area contributed by atoms with Crippen molar-refractivity contribution in [2.75, 3.05) is 0 Å². The number of rotatable bonds is 6. The molecule has 1 heterocycles. The van der Waals surface area contributed by atoms with Crippen molar-refractivity contribution in [1.29, 1.82) is 10.5 Å². The Morgan fingerprint density at radius 3 is 2.47 bits per heavy atom. The van der Waals surface area contributed by atoms with Gasteiger partial charge < -0.3 is 9.30 Å². The number of nitrogens with zero attached hydrogens (tertiary/aromatic N) is 4. The maximum Gasteiger partial charge on any atom is 0.124 e. The summed E-state index contributed by atoms with van der Waals surface area (Å²) in [5.74, 6) is 0. The number of benzene rings is 3. The normalized spacial score (nSPS) is 11.5. The minimum absolute atomic E-state index is 0.319. The van der Waals surface area contributed by atoms with Crippen LogP contribution in [0.2, 0.25) is 5.02 Å². The molecule has 6 heteroatoms. The fraction of sp³-hybridized carbons (Fsp3) is 0.115. The molecule has 4 rings (SSSR count). The predicted molar refractivity (Wildman–Crippen MR) is 123 cm³/mol. The van der Waals surface area contributed by atoms with Gasteiger partial charge >= 0.3 is 0 Å². The minimum atomic E-state index is -0.371. The molecule has 0 N–H and O–H groups in total. The van der Waals surface area contributed by atoms with Crippen molar-refractivity contribution in [3.63, 3.8) is 0 Å². The summed E-state index contributed by atoms with van der Waals surface area (Å²) in [6.45, 7) is 0.319. The molecule has 0 amide bonds. The van der Waals surface area contributed by atoms with Crippen LogP contribution in [0.4, 0.5) is 0 Å². The van der Waals surface area contributed by atoms with Crippen LogP contribution < -0.4 is 0 Å². The Kier molecular flexibility index (Phi) is 6.33. The van der Waals surface area contributed by atoms with Crippen LogP contribution in [0.5, 0.6) is 0 Å². The largest absolute Gasteiger partial charge is 0.362 e. The Morgan fingerprint density at radius 1 is 1.00 bits per heavy atom. The molecule has 3 aromatic carbocycles. The summed E-state index contributed by atoms with van der Waals surface area (Å²) in [7, 11) is 1.92. The van der Waals surface area contributed by atoms with Gasteiger partial charge in [0, 0.05) is 12.1 Å². The van der Waals surface area contributed by atoms with Gasteiger partial charge in [0.25, 0.3) is 0 Å². The van der Waals surface area contributed by atoms with Crippen molar-refractivity contribution >= 4 is 11.6 Å². The van der Waals surface area contributed by atoms with E-state index in [1.54, 1.807) is 30.7 Å².